The molecule has 1 atom stereocenters. The molecule has 40 heavy (non-hydrogen) atoms. The third-order valence-corrected chi connectivity index (χ3v) is 8.53. The van der Waals surface area contributed by atoms with Gasteiger partial charge in [0.2, 0.25) is 0 Å². The molecule has 10 heteroatoms. The second-order valence-corrected chi connectivity index (χ2v) is 12.1. The van der Waals surface area contributed by atoms with Crippen LogP contribution in [0.4, 0.5) is 0 Å². The fraction of sp³-hybridized carbons (Fsp3) is 0.167. The van der Waals surface area contributed by atoms with E-state index in [0.29, 0.717) is 43.5 Å². The van der Waals surface area contributed by atoms with Gasteiger partial charge in [-0.3, -0.25) is 9.36 Å². The summed E-state index contributed by atoms with van der Waals surface area (Å²) < 4.78 is 15.1. The largest absolute Gasteiger partial charge is 0.487 e. The molecule has 5 rings (SSSR count). The van der Waals surface area contributed by atoms with Gasteiger partial charge in [-0.2, -0.15) is 0 Å². The Bertz CT molecular complexity index is 1800. The lowest BCUT2D eigenvalue weighted by molar-refractivity contribution is -0.139. The van der Waals surface area contributed by atoms with E-state index in [9.17, 15) is 9.59 Å². The summed E-state index contributed by atoms with van der Waals surface area (Å²) in [5.41, 5.74) is 3.01. The summed E-state index contributed by atoms with van der Waals surface area (Å²) in [6.07, 6.45) is 1.79. The zero-order valence-electron chi connectivity index (χ0n) is 21.5. The summed E-state index contributed by atoms with van der Waals surface area (Å²) >= 11 is 14.6. The molecular formula is C30H23Br2ClN2O4S. The van der Waals surface area contributed by atoms with Gasteiger partial charge in [-0.05, 0) is 71.2 Å². The number of halogens is 3. The van der Waals surface area contributed by atoms with Crippen molar-refractivity contribution >= 4 is 66.8 Å². The van der Waals surface area contributed by atoms with Crippen LogP contribution < -0.4 is 19.6 Å². The number of benzene rings is 3. The maximum Gasteiger partial charge on any atom is 0.338 e. The lowest BCUT2D eigenvalue weighted by Crippen LogP contribution is -2.39. The first-order valence-corrected chi connectivity index (χ1v) is 15.2. The molecule has 2 heterocycles. The van der Waals surface area contributed by atoms with Crippen molar-refractivity contribution in [1.82, 2.24) is 4.57 Å². The Kier molecular flexibility index (Phi) is 8.75. The number of rotatable bonds is 7. The molecule has 204 valence electrons. The van der Waals surface area contributed by atoms with Crippen molar-refractivity contribution in [3.63, 3.8) is 0 Å². The first-order valence-electron chi connectivity index (χ1n) is 12.4. The van der Waals surface area contributed by atoms with Crippen molar-refractivity contribution in [2.24, 2.45) is 4.99 Å². The molecule has 0 saturated carbocycles. The molecule has 6 nitrogen and oxygen atoms in total. The molecule has 0 aliphatic carbocycles. The lowest BCUT2D eigenvalue weighted by atomic mass is 9.96. The van der Waals surface area contributed by atoms with Crippen molar-refractivity contribution in [2.45, 2.75) is 26.5 Å². The van der Waals surface area contributed by atoms with Crippen molar-refractivity contribution < 1.29 is 14.3 Å². The minimum absolute atomic E-state index is 0.205. The summed E-state index contributed by atoms with van der Waals surface area (Å²) in [7, 11) is 0. The summed E-state index contributed by atoms with van der Waals surface area (Å²) in [6, 6.07) is 20.0. The zero-order valence-corrected chi connectivity index (χ0v) is 26.2. The zero-order chi connectivity index (χ0) is 28.4. The molecule has 1 aliphatic rings. The molecule has 0 unspecified atom stereocenters. The molecule has 0 fully saturated rings. The van der Waals surface area contributed by atoms with E-state index in [1.54, 1.807) is 36.6 Å². The van der Waals surface area contributed by atoms with Crippen molar-refractivity contribution in [1.29, 1.82) is 0 Å². The van der Waals surface area contributed by atoms with Gasteiger partial charge in [0.25, 0.3) is 5.56 Å². The Labute approximate surface area is 256 Å². The second kappa shape index (κ2) is 12.3. The Hall–Kier alpha value is -2.98. The van der Waals surface area contributed by atoms with E-state index in [0.717, 1.165) is 20.1 Å². The van der Waals surface area contributed by atoms with E-state index < -0.39 is 12.0 Å². The van der Waals surface area contributed by atoms with Gasteiger partial charge >= 0.3 is 5.97 Å². The molecule has 0 bridgehead atoms. The SMILES string of the molecule is CCOC(=O)C1=C(C)N=c2s/c(=C\c3cc(Br)cc(Br)c3OCc3ccccc3)c(=O)n2[C@H]1c1ccc(Cl)cc1. The van der Waals surface area contributed by atoms with Crippen LogP contribution in [0.3, 0.4) is 0 Å². The maximum absolute atomic E-state index is 14.0. The number of aromatic nitrogens is 1. The number of esters is 1. The second-order valence-electron chi connectivity index (χ2n) is 8.93. The number of hydrogen-bond acceptors (Lipinski definition) is 6. The van der Waals surface area contributed by atoms with Crippen molar-refractivity contribution in [2.75, 3.05) is 6.61 Å². The monoisotopic (exact) mass is 700 g/mol. The molecular weight excluding hydrogens is 680 g/mol. The molecule has 1 aromatic heterocycles. The van der Waals surface area contributed by atoms with Crippen molar-refractivity contribution in [3.05, 3.63) is 128 Å². The highest BCUT2D eigenvalue weighted by atomic mass is 79.9. The third kappa shape index (κ3) is 5.88. The minimum Gasteiger partial charge on any atom is -0.487 e. The Morgan fingerprint density at radius 3 is 2.55 bits per heavy atom. The number of ether oxygens (including phenoxy) is 2. The van der Waals surface area contributed by atoms with E-state index in [1.165, 1.54) is 11.3 Å². The molecule has 1 aliphatic heterocycles. The Balaban J connectivity index is 1.65. The van der Waals surface area contributed by atoms with E-state index in [4.69, 9.17) is 21.1 Å². The average molecular weight is 703 g/mol. The lowest BCUT2D eigenvalue weighted by Gasteiger charge is -2.24. The van der Waals surface area contributed by atoms with Gasteiger partial charge in [-0.25, -0.2) is 9.79 Å². The summed E-state index contributed by atoms with van der Waals surface area (Å²) in [6.45, 7) is 4.07. The number of carbonyl (C=O) groups excluding carboxylic acids is 1. The van der Waals surface area contributed by atoms with Crippen LogP contribution in [0.25, 0.3) is 6.08 Å². The van der Waals surface area contributed by atoms with Gasteiger partial charge in [0.05, 0.1) is 32.9 Å². The highest BCUT2D eigenvalue weighted by Crippen LogP contribution is 2.35. The van der Waals surface area contributed by atoms with Crippen LogP contribution in [0.2, 0.25) is 5.02 Å². The Morgan fingerprint density at radius 2 is 1.85 bits per heavy atom. The fourth-order valence-corrected chi connectivity index (χ4v) is 7.00. The molecule has 0 spiro atoms. The summed E-state index contributed by atoms with van der Waals surface area (Å²) in [5.74, 6) is 0.0982. The van der Waals surface area contributed by atoms with Crippen LogP contribution in [-0.4, -0.2) is 17.1 Å². The van der Waals surface area contributed by atoms with Crippen LogP contribution >= 0.6 is 54.8 Å². The fourth-order valence-electron chi connectivity index (χ4n) is 4.46. The van der Waals surface area contributed by atoms with E-state index in [1.807, 2.05) is 54.6 Å². The molecule has 4 aromatic rings. The summed E-state index contributed by atoms with van der Waals surface area (Å²) in [5, 5.41) is 0.554. The smallest absolute Gasteiger partial charge is 0.338 e. The van der Waals surface area contributed by atoms with Gasteiger partial charge in [0.15, 0.2) is 4.80 Å². The van der Waals surface area contributed by atoms with Crippen LogP contribution in [-0.2, 0) is 16.1 Å². The van der Waals surface area contributed by atoms with Gasteiger partial charge in [0, 0.05) is 15.1 Å². The van der Waals surface area contributed by atoms with Gasteiger partial charge in [-0.1, -0.05) is 81.3 Å². The molecule has 3 aromatic carbocycles. The average Bonchev–Trinajstić information content (AvgIpc) is 3.22. The highest BCUT2D eigenvalue weighted by Gasteiger charge is 2.33. The topological polar surface area (TPSA) is 69.9 Å². The quantitative estimate of drug-likeness (QED) is 0.205. The standard InChI is InChI=1S/C30H23Br2ClN2O4S/c1-3-38-29(37)25-17(2)34-30-35(26(25)19-9-11-22(33)12-10-19)28(36)24(40-30)14-20-13-21(31)15-23(32)27(20)39-16-18-7-5-4-6-8-18/h4-15,26H,3,16H2,1-2H3/b24-14-/t26-/m0/s1. The summed E-state index contributed by atoms with van der Waals surface area (Å²) in [4.78, 5) is 32.2. The maximum atomic E-state index is 14.0. The number of nitrogens with zero attached hydrogens (tertiary/aromatic N) is 2. The normalized spacial score (nSPS) is 15.0. The molecule has 0 amide bonds. The van der Waals surface area contributed by atoms with Gasteiger partial charge in [-0.15, -0.1) is 0 Å². The first kappa shape index (κ1) is 28.5. The van der Waals surface area contributed by atoms with E-state index >= 15 is 0 Å². The Morgan fingerprint density at radius 1 is 1.12 bits per heavy atom. The van der Waals surface area contributed by atoms with Crippen LogP contribution in [0, 0.1) is 0 Å². The third-order valence-electron chi connectivity index (χ3n) is 6.25. The molecule has 0 radical (unpaired) electrons. The first-order chi connectivity index (χ1) is 19.3. The van der Waals surface area contributed by atoms with Crippen LogP contribution in [0.15, 0.2) is 96.7 Å². The number of fused-ring (bicyclic) bond motifs is 1. The molecule has 0 N–H and O–H groups in total. The highest BCUT2D eigenvalue weighted by molar-refractivity contribution is 9.11. The number of allylic oxidation sites excluding steroid dienone is 1. The number of hydrogen-bond donors (Lipinski definition) is 0. The van der Waals surface area contributed by atoms with E-state index in [-0.39, 0.29) is 12.2 Å². The van der Waals surface area contributed by atoms with Crippen LogP contribution in [0.1, 0.15) is 36.6 Å². The number of carbonyl (C=O) groups is 1. The predicted molar refractivity (Wildman–Crippen MR) is 164 cm³/mol. The molecule has 0 saturated heterocycles. The van der Waals surface area contributed by atoms with Gasteiger partial charge in [0.1, 0.15) is 12.4 Å². The van der Waals surface area contributed by atoms with Gasteiger partial charge < -0.3 is 9.47 Å². The van der Waals surface area contributed by atoms with Crippen molar-refractivity contribution in [3.8, 4) is 5.75 Å². The predicted octanol–water partition coefficient (Wildman–Crippen LogP) is 6.56. The van der Waals surface area contributed by atoms with E-state index in [2.05, 4.69) is 36.9 Å². The minimum atomic E-state index is -0.710. The number of thiazole rings is 1. The van der Waals surface area contributed by atoms with Crippen LogP contribution in [0.5, 0.6) is 5.75 Å².